The zero-order valence-electron chi connectivity index (χ0n) is 13.9. The van der Waals surface area contributed by atoms with E-state index in [2.05, 4.69) is 12.2 Å². The summed E-state index contributed by atoms with van der Waals surface area (Å²) in [7, 11) is 0. The van der Waals surface area contributed by atoms with Gasteiger partial charge in [0.05, 0.1) is 11.0 Å². The van der Waals surface area contributed by atoms with E-state index in [1.165, 1.54) is 4.88 Å². The van der Waals surface area contributed by atoms with Gasteiger partial charge in [0.1, 0.15) is 12.4 Å². The Morgan fingerprint density at radius 2 is 2.12 bits per heavy atom. The largest absolute Gasteiger partial charge is 0.491 e. The number of aryl methyl sites for hydroxylation is 1. The lowest BCUT2D eigenvalue weighted by molar-refractivity contribution is 0.0679. The second-order valence-corrected chi connectivity index (χ2v) is 7.06. The number of hydrogen-bond acceptors (Lipinski definition) is 4. The van der Waals surface area contributed by atoms with Gasteiger partial charge in [0.15, 0.2) is 0 Å². The summed E-state index contributed by atoms with van der Waals surface area (Å²) < 4.78 is 11.3. The number of hydrogen-bond donors (Lipinski definition) is 1. The molecule has 1 aliphatic rings. The molecule has 4 nitrogen and oxygen atoms in total. The molecule has 1 saturated heterocycles. The first-order chi connectivity index (χ1) is 11.7. The summed E-state index contributed by atoms with van der Waals surface area (Å²) >= 11 is 1.55. The van der Waals surface area contributed by atoms with Crippen LogP contribution in [0.15, 0.2) is 36.4 Å². The van der Waals surface area contributed by atoms with Gasteiger partial charge in [0.2, 0.25) is 0 Å². The van der Waals surface area contributed by atoms with E-state index in [9.17, 15) is 4.79 Å². The SMILES string of the molecule is CCc1ccc(C(=O)NCc2ccc(OCC3CCCO3)cc2)s1. The summed E-state index contributed by atoms with van der Waals surface area (Å²) in [4.78, 5) is 14.1. The number of rotatable bonds is 7. The van der Waals surface area contributed by atoms with Crippen LogP contribution in [0.4, 0.5) is 0 Å². The fourth-order valence-corrected chi connectivity index (χ4v) is 3.49. The summed E-state index contributed by atoms with van der Waals surface area (Å²) in [5.74, 6) is 0.824. The van der Waals surface area contributed by atoms with Gasteiger partial charge in [-0.15, -0.1) is 11.3 Å². The highest BCUT2D eigenvalue weighted by Gasteiger charge is 2.15. The predicted octanol–water partition coefficient (Wildman–Crippen LogP) is 3.80. The first-order valence-corrected chi connectivity index (χ1v) is 9.26. The maximum absolute atomic E-state index is 12.1. The zero-order chi connectivity index (χ0) is 16.8. The molecule has 1 aliphatic heterocycles. The number of benzene rings is 1. The molecular weight excluding hydrogens is 322 g/mol. The summed E-state index contributed by atoms with van der Waals surface area (Å²) in [5, 5.41) is 2.96. The third kappa shape index (κ3) is 4.58. The quantitative estimate of drug-likeness (QED) is 0.830. The highest BCUT2D eigenvalue weighted by molar-refractivity contribution is 7.14. The molecule has 2 heterocycles. The molecule has 1 N–H and O–H groups in total. The van der Waals surface area contributed by atoms with Crippen LogP contribution in [-0.4, -0.2) is 25.2 Å². The number of amides is 1. The molecule has 24 heavy (non-hydrogen) atoms. The van der Waals surface area contributed by atoms with Gasteiger partial charge in [-0.3, -0.25) is 4.79 Å². The van der Waals surface area contributed by atoms with Crippen molar-refractivity contribution in [3.63, 3.8) is 0 Å². The molecular formula is C19H23NO3S. The number of nitrogens with one attached hydrogen (secondary N) is 1. The van der Waals surface area contributed by atoms with Gasteiger partial charge in [0, 0.05) is 18.0 Å². The van der Waals surface area contributed by atoms with Crippen LogP contribution in [0.5, 0.6) is 5.75 Å². The third-order valence-corrected chi connectivity index (χ3v) is 5.30. The number of ether oxygens (including phenoxy) is 2. The topological polar surface area (TPSA) is 47.6 Å². The van der Waals surface area contributed by atoms with E-state index < -0.39 is 0 Å². The van der Waals surface area contributed by atoms with E-state index in [1.54, 1.807) is 11.3 Å². The van der Waals surface area contributed by atoms with Gasteiger partial charge in [-0.05, 0) is 49.1 Å². The molecule has 1 unspecified atom stereocenters. The molecule has 1 fully saturated rings. The maximum atomic E-state index is 12.1. The minimum absolute atomic E-state index is 0.0154. The van der Waals surface area contributed by atoms with Crippen LogP contribution in [-0.2, 0) is 17.7 Å². The lowest BCUT2D eigenvalue weighted by Gasteiger charge is -2.12. The maximum Gasteiger partial charge on any atom is 0.261 e. The first-order valence-electron chi connectivity index (χ1n) is 8.45. The third-order valence-electron chi connectivity index (χ3n) is 4.07. The molecule has 0 spiro atoms. The van der Waals surface area contributed by atoms with Crippen molar-refractivity contribution in [2.45, 2.75) is 38.8 Å². The zero-order valence-corrected chi connectivity index (χ0v) is 14.7. The van der Waals surface area contributed by atoms with Gasteiger partial charge >= 0.3 is 0 Å². The predicted molar refractivity (Wildman–Crippen MR) is 95.8 cm³/mol. The van der Waals surface area contributed by atoms with Crippen LogP contribution in [0.3, 0.4) is 0 Å². The minimum Gasteiger partial charge on any atom is -0.491 e. The van der Waals surface area contributed by atoms with Gasteiger partial charge in [-0.1, -0.05) is 19.1 Å². The normalized spacial score (nSPS) is 17.0. The molecule has 1 aromatic carbocycles. The molecule has 1 aromatic heterocycles. The number of thiophene rings is 1. The van der Waals surface area contributed by atoms with E-state index in [-0.39, 0.29) is 12.0 Å². The van der Waals surface area contributed by atoms with Crippen molar-refractivity contribution < 1.29 is 14.3 Å². The Balaban J connectivity index is 1.46. The second-order valence-electron chi connectivity index (χ2n) is 5.89. The van der Waals surface area contributed by atoms with Crippen LogP contribution in [0.1, 0.15) is 39.9 Å². The van der Waals surface area contributed by atoms with Crippen LogP contribution in [0, 0.1) is 0 Å². The monoisotopic (exact) mass is 345 g/mol. The number of carbonyl (C=O) groups excluding carboxylic acids is 1. The van der Waals surface area contributed by atoms with E-state index in [0.717, 1.165) is 42.1 Å². The van der Waals surface area contributed by atoms with Gasteiger partial charge in [-0.2, -0.15) is 0 Å². The van der Waals surface area contributed by atoms with Crippen LogP contribution in [0.25, 0.3) is 0 Å². The van der Waals surface area contributed by atoms with Crippen molar-refractivity contribution in [1.82, 2.24) is 5.32 Å². The molecule has 5 heteroatoms. The van der Waals surface area contributed by atoms with Crippen LogP contribution >= 0.6 is 11.3 Å². The summed E-state index contributed by atoms with van der Waals surface area (Å²) in [6.45, 7) is 4.06. The Labute approximate surface area is 146 Å². The molecule has 1 atom stereocenters. The fourth-order valence-electron chi connectivity index (χ4n) is 2.63. The molecule has 0 radical (unpaired) electrons. The van der Waals surface area contributed by atoms with E-state index in [0.29, 0.717) is 13.2 Å². The lowest BCUT2D eigenvalue weighted by Crippen LogP contribution is -2.21. The van der Waals surface area contributed by atoms with Crippen LogP contribution in [0.2, 0.25) is 0 Å². The van der Waals surface area contributed by atoms with Crippen molar-refractivity contribution in [3.05, 3.63) is 51.7 Å². The van der Waals surface area contributed by atoms with Gasteiger partial charge in [0.25, 0.3) is 5.91 Å². The minimum atomic E-state index is -0.0154. The van der Waals surface area contributed by atoms with Crippen molar-refractivity contribution in [3.8, 4) is 5.75 Å². The molecule has 3 rings (SSSR count). The lowest BCUT2D eigenvalue weighted by atomic mass is 10.2. The standard InChI is InChI=1S/C19H23NO3S/c1-2-17-9-10-18(24-17)19(21)20-12-14-5-7-15(8-6-14)23-13-16-4-3-11-22-16/h5-10,16H,2-4,11-13H2,1H3,(H,20,21). The Kier molecular flexibility index (Phi) is 5.88. The molecule has 1 amide bonds. The fraction of sp³-hybridized carbons (Fsp3) is 0.421. The van der Waals surface area contributed by atoms with Crippen molar-refractivity contribution >= 4 is 17.2 Å². The van der Waals surface area contributed by atoms with E-state index in [1.807, 2.05) is 36.4 Å². The Hall–Kier alpha value is -1.85. The second kappa shape index (κ2) is 8.31. The highest BCUT2D eigenvalue weighted by atomic mass is 32.1. The van der Waals surface area contributed by atoms with Crippen molar-refractivity contribution in [1.29, 1.82) is 0 Å². The average molecular weight is 345 g/mol. The van der Waals surface area contributed by atoms with Crippen LogP contribution < -0.4 is 10.1 Å². The van der Waals surface area contributed by atoms with Gasteiger partial charge < -0.3 is 14.8 Å². The van der Waals surface area contributed by atoms with Crippen molar-refractivity contribution in [2.75, 3.05) is 13.2 Å². The summed E-state index contributed by atoms with van der Waals surface area (Å²) in [6, 6.07) is 11.8. The summed E-state index contributed by atoms with van der Waals surface area (Å²) in [6.07, 6.45) is 3.39. The molecule has 0 saturated carbocycles. The first kappa shape index (κ1) is 17.0. The molecule has 0 aliphatic carbocycles. The highest BCUT2D eigenvalue weighted by Crippen LogP contribution is 2.18. The molecule has 128 valence electrons. The number of carbonyl (C=O) groups is 1. The van der Waals surface area contributed by atoms with E-state index >= 15 is 0 Å². The Bertz CT molecular complexity index is 660. The Morgan fingerprint density at radius 1 is 1.29 bits per heavy atom. The molecule has 2 aromatic rings. The molecule has 0 bridgehead atoms. The van der Waals surface area contributed by atoms with Gasteiger partial charge in [-0.25, -0.2) is 0 Å². The van der Waals surface area contributed by atoms with E-state index in [4.69, 9.17) is 9.47 Å². The van der Waals surface area contributed by atoms with Crippen molar-refractivity contribution in [2.24, 2.45) is 0 Å². The summed E-state index contributed by atoms with van der Waals surface area (Å²) in [5.41, 5.74) is 1.06. The Morgan fingerprint density at radius 3 is 2.79 bits per heavy atom. The average Bonchev–Trinajstić information content (AvgIpc) is 3.30. The smallest absolute Gasteiger partial charge is 0.261 e.